The topological polar surface area (TPSA) is 90.1 Å². The van der Waals surface area contributed by atoms with Gasteiger partial charge in [-0.25, -0.2) is 9.79 Å². The smallest absolute Gasteiger partial charge is 0.338 e. The molecule has 0 saturated heterocycles. The third-order valence-electron chi connectivity index (χ3n) is 5.28. The summed E-state index contributed by atoms with van der Waals surface area (Å²) in [5.41, 5.74) is 1.93. The minimum absolute atomic E-state index is 0.0258. The Morgan fingerprint density at radius 2 is 1.94 bits per heavy atom. The Morgan fingerprint density at radius 3 is 2.62 bits per heavy atom. The molecule has 0 bridgehead atoms. The Bertz CT molecular complexity index is 1450. The van der Waals surface area contributed by atoms with Crippen molar-refractivity contribution >= 4 is 35.0 Å². The van der Waals surface area contributed by atoms with Crippen LogP contribution in [0.25, 0.3) is 6.08 Å². The molecule has 2 heterocycles. The van der Waals surface area contributed by atoms with Crippen molar-refractivity contribution in [2.24, 2.45) is 4.99 Å². The minimum Gasteiger partial charge on any atom is -0.504 e. The normalized spacial score (nSPS) is 15.6. The van der Waals surface area contributed by atoms with Gasteiger partial charge in [-0.2, -0.15) is 0 Å². The van der Waals surface area contributed by atoms with Crippen LogP contribution in [0.2, 0.25) is 5.02 Å². The maximum absolute atomic E-state index is 13.6. The molecule has 0 unspecified atom stereocenters. The van der Waals surface area contributed by atoms with Gasteiger partial charge in [-0.1, -0.05) is 41.1 Å². The first kappa shape index (κ1) is 23.8. The Balaban J connectivity index is 1.91. The molecule has 0 fully saturated rings. The Labute approximate surface area is 204 Å². The number of hydrogen-bond donors (Lipinski definition) is 1. The van der Waals surface area contributed by atoms with Crippen LogP contribution in [0.5, 0.6) is 11.5 Å². The van der Waals surface area contributed by atoms with E-state index < -0.39 is 12.0 Å². The van der Waals surface area contributed by atoms with Gasteiger partial charge in [-0.15, -0.1) is 0 Å². The Kier molecular flexibility index (Phi) is 6.90. The zero-order chi connectivity index (χ0) is 24.4. The maximum Gasteiger partial charge on any atom is 0.338 e. The van der Waals surface area contributed by atoms with Crippen LogP contribution in [0, 0.1) is 0 Å². The van der Waals surface area contributed by atoms with Gasteiger partial charge in [0.25, 0.3) is 5.56 Å². The van der Waals surface area contributed by atoms with E-state index in [0.29, 0.717) is 43.5 Å². The zero-order valence-corrected chi connectivity index (χ0v) is 20.4. The minimum atomic E-state index is -0.700. The molecule has 0 radical (unpaired) electrons. The number of benzene rings is 2. The van der Waals surface area contributed by atoms with Crippen molar-refractivity contribution in [3.8, 4) is 11.5 Å². The number of nitrogens with zero attached hydrogens (tertiary/aromatic N) is 2. The lowest BCUT2D eigenvalue weighted by molar-refractivity contribution is -0.139. The van der Waals surface area contributed by atoms with Crippen molar-refractivity contribution in [2.75, 3.05) is 13.2 Å². The number of allylic oxidation sites excluding steroid dienone is 1. The summed E-state index contributed by atoms with van der Waals surface area (Å²) >= 11 is 7.30. The van der Waals surface area contributed by atoms with Crippen LogP contribution >= 0.6 is 22.9 Å². The van der Waals surface area contributed by atoms with Crippen LogP contribution in [0.15, 0.2) is 63.5 Å². The fourth-order valence-corrected chi connectivity index (χ4v) is 4.97. The first-order valence-electron chi connectivity index (χ1n) is 10.7. The van der Waals surface area contributed by atoms with Gasteiger partial charge in [0.1, 0.15) is 0 Å². The number of fused-ring (bicyclic) bond motifs is 1. The van der Waals surface area contributed by atoms with E-state index in [9.17, 15) is 14.7 Å². The third-order valence-corrected chi connectivity index (χ3v) is 6.52. The van der Waals surface area contributed by atoms with E-state index in [0.717, 1.165) is 5.56 Å². The largest absolute Gasteiger partial charge is 0.504 e. The first-order valence-corrected chi connectivity index (χ1v) is 11.9. The predicted octanol–water partition coefficient (Wildman–Crippen LogP) is 3.56. The van der Waals surface area contributed by atoms with Gasteiger partial charge in [-0.3, -0.25) is 9.36 Å². The monoisotopic (exact) mass is 498 g/mol. The number of carbonyl (C=O) groups is 1. The Morgan fingerprint density at radius 1 is 1.21 bits per heavy atom. The molecular weight excluding hydrogens is 476 g/mol. The average Bonchev–Trinajstić information content (AvgIpc) is 3.10. The molecule has 0 saturated carbocycles. The third kappa shape index (κ3) is 4.51. The molecule has 7 nitrogen and oxygen atoms in total. The van der Waals surface area contributed by atoms with Crippen LogP contribution in [0.1, 0.15) is 37.9 Å². The van der Waals surface area contributed by atoms with Crippen molar-refractivity contribution in [2.45, 2.75) is 26.8 Å². The molecule has 0 aliphatic carbocycles. The van der Waals surface area contributed by atoms with Crippen LogP contribution in [-0.4, -0.2) is 28.9 Å². The summed E-state index contributed by atoms with van der Waals surface area (Å²) in [5, 5.41) is 10.5. The van der Waals surface area contributed by atoms with E-state index in [-0.39, 0.29) is 17.9 Å². The summed E-state index contributed by atoms with van der Waals surface area (Å²) in [4.78, 5) is 31.5. The molecule has 4 rings (SSSR count). The van der Waals surface area contributed by atoms with Gasteiger partial charge in [0, 0.05) is 5.02 Å². The van der Waals surface area contributed by atoms with E-state index in [1.165, 1.54) is 22.0 Å². The number of phenolic OH excluding ortho intramolecular Hbond substituents is 1. The van der Waals surface area contributed by atoms with Gasteiger partial charge in [0.15, 0.2) is 16.3 Å². The number of thiazole rings is 1. The number of hydrogen-bond acceptors (Lipinski definition) is 7. The van der Waals surface area contributed by atoms with Crippen LogP contribution < -0.4 is 19.6 Å². The SMILES string of the molecule is CCOC(=O)C1=C(C)N=c2sc(=Cc3ccc(O)c(OCC)c3)c(=O)n2[C@@H]1c1ccc(Cl)cc1. The lowest BCUT2D eigenvalue weighted by atomic mass is 9.96. The van der Waals surface area contributed by atoms with Crippen LogP contribution in [0.3, 0.4) is 0 Å². The molecular formula is C25H23ClN2O5S. The highest BCUT2D eigenvalue weighted by molar-refractivity contribution is 7.07. The molecule has 2 aromatic carbocycles. The van der Waals surface area contributed by atoms with Gasteiger partial charge in [0.05, 0.1) is 35.1 Å². The average molecular weight is 499 g/mol. The second-order valence-electron chi connectivity index (χ2n) is 7.51. The highest BCUT2D eigenvalue weighted by Crippen LogP contribution is 2.31. The Hall–Kier alpha value is -3.36. The molecule has 1 atom stereocenters. The highest BCUT2D eigenvalue weighted by Gasteiger charge is 2.33. The molecule has 176 valence electrons. The summed E-state index contributed by atoms with van der Waals surface area (Å²) in [5.74, 6) is -0.153. The molecule has 1 aliphatic heterocycles. The quantitative estimate of drug-likeness (QED) is 0.525. The number of carbonyl (C=O) groups excluding carboxylic acids is 1. The van der Waals surface area contributed by atoms with E-state index in [1.54, 1.807) is 56.3 Å². The molecule has 0 spiro atoms. The molecule has 1 aliphatic rings. The highest BCUT2D eigenvalue weighted by atomic mass is 35.5. The fourth-order valence-electron chi connectivity index (χ4n) is 3.79. The number of esters is 1. The summed E-state index contributed by atoms with van der Waals surface area (Å²) in [7, 11) is 0. The lowest BCUT2D eigenvalue weighted by Crippen LogP contribution is -2.39. The molecule has 34 heavy (non-hydrogen) atoms. The maximum atomic E-state index is 13.6. The lowest BCUT2D eigenvalue weighted by Gasteiger charge is -2.24. The van der Waals surface area contributed by atoms with Crippen molar-refractivity contribution in [1.82, 2.24) is 4.57 Å². The van der Waals surface area contributed by atoms with E-state index in [2.05, 4.69) is 4.99 Å². The second kappa shape index (κ2) is 9.87. The first-order chi connectivity index (χ1) is 16.3. The molecule has 1 N–H and O–H groups in total. The second-order valence-corrected chi connectivity index (χ2v) is 8.96. The summed E-state index contributed by atoms with van der Waals surface area (Å²) in [6, 6.07) is 11.2. The molecule has 3 aromatic rings. The zero-order valence-electron chi connectivity index (χ0n) is 18.9. The predicted molar refractivity (Wildman–Crippen MR) is 131 cm³/mol. The molecule has 9 heteroatoms. The number of ether oxygens (including phenoxy) is 2. The van der Waals surface area contributed by atoms with Gasteiger partial charge in [-0.05, 0) is 62.2 Å². The van der Waals surface area contributed by atoms with Crippen molar-refractivity contribution in [3.05, 3.63) is 89.6 Å². The van der Waals surface area contributed by atoms with Crippen molar-refractivity contribution < 1.29 is 19.4 Å². The number of aromatic nitrogens is 1. The standard InChI is InChI=1S/C25H23ClN2O5S/c1-4-32-19-12-15(6-11-18(19)29)13-20-23(30)28-22(16-7-9-17(26)10-8-16)21(24(31)33-5-2)14(3)27-25(28)34-20/h6-13,22,29H,4-5H2,1-3H3/t22-/m1/s1. The molecule has 0 amide bonds. The van der Waals surface area contributed by atoms with Crippen molar-refractivity contribution in [1.29, 1.82) is 0 Å². The number of halogens is 1. The van der Waals surface area contributed by atoms with E-state index >= 15 is 0 Å². The van der Waals surface area contributed by atoms with Gasteiger partial charge >= 0.3 is 5.97 Å². The van der Waals surface area contributed by atoms with Gasteiger partial charge < -0.3 is 14.6 Å². The van der Waals surface area contributed by atoms with E-state index in [1.807, 2.05) is 6.92 Å². The van der Waals surface area contributed by atoms with Crippen LogP contribution in [0.4, 0.5) is 0 Å². The van der Waals surface area contributed by atoms with Crippen molar-refractivity contribution in [3.63, 3.8) is 0 Å². The van der Waals surface area contributed by atoms with Crippen LogP contribution in [-0.2, 0) is 9.53 Å². The molecule has 1 aromatic heterocycles. The summed E-state index contributed by atoms with van der Waals surface area (Å²) in [6.07, 6.45) is 1.72. The fraction of sp³-hybridized carbons (Fsp3) is 0.240. The summed E-state index contributed by atoms with van der Waals surface area (Å²) < 4.78 is 12.7. The number of phenols is 1. The van der Waals surface area contributed by atoms with E-state index in [4.69, 9.17) is 21.1 Å². The van der Waals surface area contributed by atoms with Gasteiger partial charge in [0.2, 0.25) is 0 Å². The number of aromatic hydroxyl groups is 1. The summed E-state index contributed by atoms with van der Waals surface area (Å²) in [6.45, 7) is 5.89. The number of rotatable bonds is 6.